The molecule has 0 N–H and O–H groups in total. The van der Waals surface area contributed by atoms with Gasteiger partial charge >= 0.3 is 0 Å². The van der Waals surface area contributed by atoms with Gasteiger partial charge in [-0.15, -0.1) is 0 Å². The third kappa shape index (κ3) is 2.66. The molecule has 0 bridgehead atoms. The van der Waals surface area contributed by atoms with Crippen molar-refractivity contribution >= 4 is 0 Å². The van der Waals surface area contributed by atoms with Gasteiger partial charge in [-0.2, -0.15) is 0 Å². The summed E-state index contributed by atoms with van der Waals surface area (Å²) >= 11 is 0. The Balaban J connectivity index is 2.08. The lowest BCUT2D eigenvalue weighted by Crippen LogP contribution is -2.03. The van der Waals surface area contributed by atoms with Gasteiger partial charge in [0.2, 0.25) is 5.82 Å². The molecule has 0 saturated heterocycles. The Bertz CT molecular complexity index is 868. The van der Waals surface area contributed by atoms with Gasteiger partial charge in [0, 0.05) is 0 Å². The molecule has 0 fully saturated rings. The van der Waals surface area contributed by atoms with Gasteiger partial charge < -0.3 is 0 Å². The molecule has 24 heavy (non-hydrogen) atoms. The zero-order valence-corrected chi connectivity index (χ0v) is 12.5. The SMILES string of the molecule is Cc1ccc(-c2ccc(-c3c(F)c(F)c(F)c(F)c3F)cc2)cc1. The number of hydrogen-bond acceptors (Lipinski definition) is 0. The Hall–Kier alpha value is -2.69. The summed E-state index contributed by atoms with van der Waals surface area (Å²) in [6.45, 7) is 1.94. The van der Waals surface area contributed by atoms with Crippen LogP contribution in [0.1, 0.15) is 5.56 Å². The van der Waals surface area contributed by atoms with Crippen LogP contribution >= 0.6 is 0 Å². The molecule has 0 amide bonds. The van der Waals surface area contributed by atoms with Crippen molar-refractivity contribution in [2.45, 2.75) is 6.92 Å². The fourth-order valence-electron chi connectivity index (χ4n) is 2.43. The molecule has 0 aliphatic rings. The smallest absolute Gasteiger partial charge is 0.200 e. The molecule has 0 heterocycles. The second kappa shape index (κ2) is 6.07. The predicted octanol–water partition coefficient (Wildman–Crippen LogP) is 6.02. The van der Waals surface area contributed by atoms with E-state index in [9.17, 15) is 22.0 Å². The van der Waals surface area contributed by atoms with Crippen molar-refractivity contribution < 1.29 is 22.0 Å². The van der Waals surface area contributed by atoms with Crippen molar-refractivity contribution in [3.63, 3.8) is 0 Å². The molecule has 3 aromatic carbocycles. The summed E-state index contributed by atoms with van der Waals surface area (Å²) in [5.41, 5.74) is 1.71. The molecule has 0 unspecified atom stereocenters. The third-order valence-electron chi connectivity index (χ3n) is 3.77. The van der Waals surface area contributed by atoms with Crippen LogP contribution in [-0.2, 0) is 0 Å². The molecule has 0 spiro atoms. The van der Waals surface area contributed by atoms with Gasteiger partial charge in [0.05, 0.1) is 5.56 Å². The predicted molar refractivity (Wildman–Crippen MR) is 81.8 cm³/mol. The first-order chi connectivity index (χ1) is 11.4. The average Bonchev–Trinajstić information content (AvgIpc) is 2.60. The first-order valence-electron chi connectivity index (χ1n) is 7.09. The Morgan fingerprint density at radius 3 is 1.25 bits per heavy atom. The zero-order valence-electron chi connectivity index (χ0n) is 12.5. The molecular weight excluding hydrogens is 323 g/mol. The quantitative estimate of drug-likeness (QED) is 0.305. The minimum absolute atomic E-state index is 0.0846. The summed E-state index contributed by atoms with van der Waals surface area (Å²) in [7, 11) is 0. The molecule has 0 aliphatic heterocycles. The highest BCUT2D eigenvalue weighted by molar-refractivity contribution is 5.71. The monoisotopic (exact) mass is 334 g/mol. The van der Waals surface area contributed by atoms with Crippen LogP contribution in [0.2, 0.25) is 0 Å². The molecule has 3 rings (SSSR count). The van der Waals surface area contributed by atoms with Crippen molar-refractivity contribution in [2.24, 2.45) is 0 Å². The van der Waals surface area contributed by atoms with Crippen LogP contribution in [0, 0.1) is 36.0 Å². The van der Waals surface area contributed by atoms with E-state index in [1.807, 2.05) is 31.2 Å². The van der Waals surface area contributed by atoms with Crippen molar-refractivity contribution in [1.82, 2.24) is 0 Å². The first-order valence-corrected chi connectivity index (χ1v) is 7.09. The highest BCUT2D eigenvalue weighted by Crippen LogP contribution is 2.32. The van der Waals surface area contributed by atoms with Gasteiger partial charge in [-0.25, -0.2) is 22.0 Å². The normalized spacial score (nSPS) is 10.9. The minimum atomic E-state index is -2.16. The van der Waals surface area contributed by atoms with Crippen molar-refractivity contribution in [3.05, 3.63) is 83.2 Å². The molecule has 0 atom stereocenters. The summed E-state index contributed by atoms with van der Waals surface area (Å²) in [5.74, 6) is -9.74. The molecule has 0 nitrogen and oxygen atoms in total. The summed E-state index contributed by atoms with van der Waals surface area (Å²) in [5, 5.41) is 0. The maximum Gasteiger partial charge on any atom is 0.200 e. The largest absolute Gasteiger partial charge is 0.203 e. The molecular formula is C19H11F5. The van der Waals surface area contributed by atoms with Crippen LogP contribution in [0.25, 0.3) is 22.3 Å². The average molecular weight is 334 g/mol. The summed E-state index contributed by atoms with van der Waals surface area (Å²) in [6.07, 6.45) is 0. The topological polar surface area (TPSA) is 0 Å². The Labute approximate surface area is 135 Å². The number of aryl methyl sites for hydroxylation is 1. The fraction of sp³-hybridized carbons (Fsp3) is 0.0526. The van der Waals surface area contributed by atoms with E-state index < -0.39 is 34.6 Å². The van der Waals surface area contributed by atoms with Crippen molar-refractivity contribution in [3.8, 4) is 22.3 Å². The van der Waals surface area contributed by atoms with Gasteiger partial charge in [-0.05, 0) is 23.6 Å². The molecule has 0 radical (unpaired) electrons. The van der Waals surface area contributed by atoms with E-state index in [4.69, 9.17) is 0 Å². The number of rotatable bonds is 2. The van der Waals surface area contributed by atoms with Gasteiger partial charge in [-0.3, -0.25) is 0 Å². The molecule has 5 heteroatoms. The molecule has 0 aliphatic carbocycles. The van der Waals surface area contributed by atoms with Gasteiger partial charge in [0.1, 0.15) is 0 Å². The maximum absolute atomic E-state index is 13.8. The van der Waals surface area contributed by atoms with E-state index in [2.05, 4.69) is 0 Å². The van der Waals surface area contributed by atoms with E-state index in [0.717, 1.165) is 16.7 Å². The van der Waals surface area contributed by atoms with E-state index >= 15 is 0 Å². The van der Waals surface area contributed by atoms with Crippen molar-refractivity contribution in [2.75, 3.05) is 0 Å². The van der Waals surface area contributed by atoms with Crippen LogP contribution < -0.4 is 0 Å². The molecule has 0 saturated carbocycles. The summed E-state index contributed by atoms with van der Waals surface area (Å²) in [6, 6.07) is 13.4. The standard InChI is InChI=1S/C19H11F5/c1-10-2-4-11(5-3-10)12-6-8-13(9-7-12)14-15(20)17(22)19(24)18(23)16(14)21/h2-9H,1H3. The third-order valence-corrected chi connectivity index (χ3v) is 3.77. The highest BCUT2D eigenvalue weighted by atomic mass is 19.2. The van der Waals surface area contributed by atoms with Crippen LogP contribution in [-0.4, -0.2) is 0 Å². The minimum Gasteiger partial charge on any atom is -0.203 e. The Morgan fingerprint density at radius 1 is 0.458 bits per heavy atom. The lowest BCUT2D eigenvalue weighted by molar-refractivity contribution is 0.381. The van der Waals surface area contributed by atoms with E-state index in [1.54, 1.807) is 12.1 Å². The number of benzene rings is 3. The Morgan fingerprint density at radius 2 is 0.792 bits per heavy atom. The highest BCUT2D eigenvalue weighted by Gasteiger charge is 2.26. The number of hydrogen-bond donors (Lipinski definition) is 0. The Kier molecular flexibility index (Phi) is 4.09. The summed E-state index contributed by atoms with van der Waals surface area (Å²) < 4.78 is 67.4. The molecule has 3 aromatic rings. The van der Waals surface area contributed by atoms with Crippen LogP contribution in [0.3, 0.4) is 0 Å². The van der Waals surface area contributed by atoms with E-state index in [0.29, 0.717) is 0 Å². The van der Waals surface area contributed by atoms with E-state index in [1.165, 1.54) is 12.1 Å². The summed E-state index contributed by atoms with van der Waals surface area (Å²) in [4.78, 5) is 0. The van der Waals surface area contributed by atoms with Crippen LogP contribution in [0.4, 0.5) is 22.0 Å². The van der Waals surface area contributed by atoms with E-state index in [-0.39, 0.29) is 5.56 Å². The first kappa shape index (κ1) is 16.2. The molecule has 0 aromatic heterocycles. The van der Waals surface area contributed by atoms with Crippen LogP contribution in [0.5, 0.6) is 0 Å². The fourth-order valence-corrected chi connectivity index (χ4v) is 2.43. The second-order valence-electron chi connectivity index (χ2n) is 5.39. The van der Waals surface area contributed by atoms with Crippen molar-refractivity contribution in [1.29, 1.82) is 0 Å². The van der Waals surface area contributed by atoms with Crippen LogP contribution in [0.15, 0.2) is 48.5 Å². The van der Waals surface area contributed by atoms with Gasteiger partial charge in [0.15, 0.2) is 23.3 Å². The lowest BCUT2D eigenvalue weighted by Gasteiger charge is -2.09. The lowest BCUT2D eigenvalue weighted by atomic mass is 9.99. The maximum atomic E-state index is 13.8. The molecule has 122 valence electrons. The van der Waals surface area contributed by atoms with Gasteiger partial charge in [-0.1, -0.05) is 54.1 Å². The second-order valence-corrected chi connectivity index (χ2v) is 5.39. The van der Waals surface area contributed by atoms with Gasteiger partial charge in [0.25, 0.3) is 0 Å². The number of halogens is 5. The zero-order chi connectivity index (χ0) is 17.4.